The van der Waals surface area contributed by atoms with Crippen LogP contribution < -0.4 is 19.3 Å². The molecule has 0 saturated heterocycles. The number of carbonyl (C=O) groups is 1. The average Bonchev–Trinajstić information content (AvgIpc) is 2.66. The second kappa shape index (κ2) is 7.88. The van der Waals surface area contributed by atoms with Gasteiger partial charge >= 0.3 is 5.97 Å². The van der Waals surface area contributed by atoms with Crippen LogP contribution in [0, 0.1) is 0 Å². The molecular formula is C21H27N2O4+. The van der Waals surface area contributed by atoms with Gasteiger partial charge in [0.1, 0.15) is 6.04 Å². The molecule has 0 bridgehead atoms. The van der Waals surface area contributed by atoms with E-state index in [0.717, 1.165) is 34.7 Å². The van der Waals surface area contributed by atoms with Crippen molar-refractivity contribution in [2.24, 2.45) is 0 Å². The highest BCUT2D eigenvalue weighted by molar-refractivity contribution is 5.67. The maximum Gasteiger partial charge on any atom is 0.359 e. The Bertz CT molecular complexity index is 818. The number of benzene rings is 2. The third-order valence-corrected chi connectivity index (χ3v) is 5.20. The largest absolute Gasteiger partial charge is 0.493 e. The van der Waals surface area contributed by atoms with Crippen molar-refractivity contribution in [2.75, 3.05) is 46.3 Å². The predicted octanol–water partition coefficient (Wildman–Crippen LogP) is 1.38. The zero-order valence-corrected chi connectivity index (χ0v) is 16.3. The molecule has 0 spiro atoms. The number of rotatable bonds is 6. The van der Waals surface area contributed by atoms with Crippen molar-refractivity contribution in [2.45, 2.75) is 12.5 Å². The third-order valence-electron chi connectivity index (χ3n) is 5.20. The molecule has 2 aromatic carbocycles. The third kappa shape index (κ3) is 3.85. The number of aliphatic carboxylic acids is 1. The summed E-state index contributed by atoms with van der Waals surface area (Å²) in [6.07, 6.45) is 0.810. The molecule has 2 unspecified atom stereocenters. The Kier molecular flexibility index (Phi) is 5.56. The number of carboxylic acids is 1. The molecule has 6 nitrogen and oxygen atoms in total. The fourth-order valence-corrected chi connectivity index (χ4v) is 3.85. The highest BCUT2D eigenvalue weighted by atomic mass is 16.5. The Morgan fingerprint density at radius 1 is 1.15 bits per heavy atom. The van der Waals surface area contributed by atoms with Gasteiger partial charge in [0.2, 0.25) is 0 Å². The minimum atomic E-state index is -0.788. The Labute approximate surface area is 159 Å². The maximum atomic E-state index is 11.5. The number of hydrogen-bond donors (Lipinski definition) is 2. The molecule has 0 radical (unpaired) electrons. The van der Waals surface area contributed by atoms with E-state index in [1.54, 1.807) is 14.2 Å². The van der Waals surface area contributed by atoms with Crippen LogP contribution in [-0.4, -0.2) is 52.5 Å². The molecule has 27 heavy (non-hydrogen) atoms. The van der Waals surface area contributed by atoms with Crippen LogP contribution in [0.25, 0.3) is 0 Å². The first kappa shape index (κ1) is 19.0. The van der Waals surface area contributed by atoms with Crippen molar-refractivity contribution < 1.29 is 24.3 Å². The molecule has 0 aliphatic carbocycles. The van der Waals surface area contributed by atoms with E-state index in [1.165, 1.54) is 5.56 Å². The van der Waals surface area contributed by atoms with Gasteiger partial charge in [0.25, 0.3) is 0 Å². The molecule has 2 aromatic rings. The number of nitrogens with one attached hydrogen (secondary N) is 1. The van der Waals surface area contributed by atoms with E-state index in [0.29, 0.717) is 11.5 Å². The van der Waals surface area contributed by atoms with E-state index >= 15 is 0 Å². The molecule has 0 saturated carbocycles. The van der Waals surface area contributed by atoms with E-state index in [4.69, 9.17) is 9.47 Å². The van der Waals surface area contributed by atoms with Gasteiger partial charge in [0.05, 0.1) is 20.8 Å². The fourth-order valence-electron chi connectivity index (χ4n) is 3.85. The quantitative estimate of drug-likeness (QED) is 0.803. The Balaban J connectivity index is 2.09. The lowest BCUT2D eigenvalue weighted by Gasteiger charge is -2.34. The Morgan fingerprint density at radius 2 is 1.78 bits per heavy atom. The van der Waals surface area contributed by atoms with Crippen LogP contribution in [0.4, 0.5) is 5.69 Å². The van der Waals surface area contributed by atoms with Gasteiger partial charge in [-0.2, -0.15) is 0 Å². The van der Waals surface area contributed by atoms with Crippen LogP contribution in [0.5, 0.6) is 11.5 Å². The highest BCUT2D eigenvalue weighted by Gasteiger charge is 2.35. The van der Waals surface area contributed by atoms with Crippen molar-refractivity contribution in [3.8, 4) is 11.5 Å². The maximum absolute atomic E-state index is 11.5. The summed E-state index contributed by atoms with van der Waals surface area (Å²) in [5.41, 5.74) is 4.50. The van der Waals surface area contributed by atoms with E-state index in [9.17, 15) is 9.90 Å². The Hall–Kier alpha value is -2.73. The lowest BCUT2D eigenvalue weighted by Crippen LogP contribution is -3.14. The van der Waals surface area contributed by atoms with Crippen LogP contribution in [0.1, 0.15) is 22.7 Å². The SMILES string of the molecule is COc1cc2c(cc1OC)C(c1ccc(N(C)C)cc1)[NH+](CC(=O)O)CC2. The summed E-state index contributed by atoms with van der Waals surface area (Å²) in [6.45, 7) is 0.836. The molecule has 0 fully saturated rings. The van der Waals surface area contributed by atoms with E-state index in [1.807, 2.05) is 31.1 Å². The molecule has 1 aliphatic heterocycles. The minimum Gasteiger partial charge on any atom is -0.493 e. The lowest BCUT2D eigenvalue weighted by atomic mass is 9.87. The van der Waals surface area contributed by atoms with Gasteiger partial charge in [0.15, 0.2) is 18.0 Å². The molecule has 6 heteroatoms. The number of fused-ring (bicyclic) bond motifs is 1. The standard InChI is InChI=1S/C21H26N2O4/c1-22(2)16-7-5-14(6-8-16)21-17-12-19(27-4)18(26-3)11-15(17)9-10-23(21)13-20(24)25/h5-8,11-12,21H,9-10,13H2,1-4H3,(H,24,25)/p+1. The first-order valence-electron chi connectivity index (χ1n) is 9.03. The van der Waals surface area contributed by atoms with Gasteiger partial charge in [-0.15, -0.1) is 0 Å². The molecule has 1 heterocycles. The topological polar surface area (TPSA) is 63.4 Å². The summed E-state index contributed by atoms with van der Waals surface area (Å²) in [7, 11) is 7.26. The molecule has 2 atom stereocenters. The lowest BCUT2D eigenvalue weighted by molar-refractivity contribution is -0.920. The molecule has 3 rings (SSSR count). The molecule has 144 valence electrons. The zero-order chi connectivity index (χ0) is 19.6. The molecule has 2 N–H and O–H groups in total. The van der Waals surface area contributed by atoms with Gasteiger partial charge in [-0.05, 0) is 29.8 Å². The van der Waals surface area contributed by atoms with Gasteiger partial charge in [-0.25, -0.2) is 4.79 Å². The number of methoxy groups -OCH3 is 2. The molecule has 0 amide bonds. The van der Waals surface area contributed by atoms with Gasteiger partial charge in [-0.1, -0.05) is 12.1 Å². The number of anilines is 1. The van der Waals surface area contributed by atoms with E-state index < -0.39 is 5.97 Å². The Morgan fingerprint density at radius 3 is 2.33 bits per heavy atom. The van der Waals surface area contributed by atoms with E-state index in [2.05, 4.69) is 24.3 Å². The smallest absolute Gasteiger partial charge is 0.359 e. The summed E-state index contributed by atoms with van der Waals surface area (Å²) in [5.74, 6) is 0.589. The summed E-state index contributed by atoms with van der Waals surface area (Å²) in [5, 5.41) is 9.41. The first-order chi connectivity index (χ1) is 12.9. The number of carboxylic acid groups (broad SMARTS) is 1. The van der Waals surface area contributed by atoms with Crippen LogP contribution in [0.15, 0.2) is 36.4 Å². The van der Waals surface area contributed by atoms with Crippen LogP contribution >= 0.6 is 0 Å². The number of hydrogen-bond acceptors (Lipinski definition) is 4. The predicted molar refractivity (Wildman–Crippen MR) is 104 cm³/mol. The normalized spacial score (nSPS) is 18.5. The molecular weight excluding hydrogens is 344 g/mol. The first-order valence-corrected chi connectivity index (χ1v) is 9.03. The van der Waals surface area contributed by atoms with Gasteiger partial charge in [0, 0.05) is 37.3 Å². The fraction of sp³-hybridized carbons (Fsp3) is 0.381. The molecule has 1 aliphatic rings. The molecule has 0 aromatic heterocycles. The van der Waals surface area contributed by atoms with Crippen molar-refractivity contribution in [3.63, 3.8) is 0 Å². The van der Waals surface area contributed by atoms with Crippen LogP contribution in [-0.2, 0) is 11.2 Å². The summed E-state index contributed by atoms with van der Waals surface area (Å²) >= 11 is 0. The second-order valence-electron chi connectivity index (χ2n) is 7.05. The van der Waals surface area contributed by atoms with Crippen molar-refractivity contribution in [1.29, 1.82) is 0 Å². The average molecular weight is 371 g/mol. The highest BCUT2D eigenvalue weighted by Crippen LogP contribution is 2.36. The van der Waals surface area contributed by atoms with Crippen LogP contribution in [0.2, 0.25) is 0 Å². The van der Waals surface area contributed by atoms with Crippen molar-refractivity contribution in [3.05, 3.63) is 53.1 Å². The zero-order valence-electron chi connectivity index (χ0n) is 16.3. The summed E-state index contributed by atoms with van der Waals surface area (Å²) in [4.78, 5) is 14.5. The number of quaternary nitrogens is 1. The summed E-state index contributed by atoms with van der Waals surface area (Å²) in [6, 6.07) is 12.3. The van der Waals surface area contributed by atoms with E-state index in [-0.39, 0.29) is 12.6 Å². The number of ether oxygens (including phenoxy) is 2. The van der Waals surface area contributed by atoms with Gasteiger partial charge in [-0.3, -0.25) is 0 Å². The minimum absolute atomic E-state index is 0.0548. The number of nitrogens with zero attached hydrogens (tertiary/aromatic N) is 1. The second-order valence-corrected chi connectivity index (χ2v) is 7.05. The van der Waals surface area contributed by atoms with Crippen molar-refractivity contribution >= 4 is 11.7 Å². The van der Waals surface area contributed by atoms with Gasteiger partial charge < -0.3 is 24.4 Å². The summed E-state index contributed by atoms with van der Waals surface area (Å²) < 4.78 is 10.9. The van der Waals surface area contributed by atoms with Crippen molar-refractivity contribution in [1.82, 2.24) is 0 Å². The van der Waals surface area contributed by atoms with Crippen LogP contribution in [0.3, 0.4) is 0 Å². The monoisotopic (exact) mass is 371 g/mol.